The Morgan fingerprint density at radius 2 is 0.898 bits per heavy atom. The summed E-state index contributed by atoms with van der Waals surface area (Å²) in [7, 11) is 0. The van der Waals surface area contributed by atoms with Gasteiger partial charge in [-0.1, -0.05) is 121 Å². The Bertz CT molecular complexity index is 3070. The number of anilines is 3. The van der Waals surface area contributed by atoms with E-state index in [2.05, 4.69) is 204 Å². The monoisotopic (exact) mass is 752 g/mol. The van der Waals surface area contributed by atoms with Gasteiger partial charge in [0.2, 0.25) is 0 Å². The predicted octanol–water partition coefficient (Wildman–Crippen LogP) is 13.6. The topological polar surface area (TPSA) is 34.0 Å². The number of para-hydroxylation sites is 2. The highest BCUT2D eigenvalue weighted by atomic mass is 15.1. The van der Waals surface area contributed by atoms with Gasteiger partial charge in [-0.15, -0.1) is 0 Å². The van der Waals surface area contributed by atoms with Crippen LogP contribution in [-0.4, -0.2) is 14.5 Å². The third-order valence-corrected chi connectivity index (χ3v) is 12.2. The molecule has 2 aliphatic rings. The van der Waals surface area contributed by atoms with Crippen molar-refractivity contribution in [3.63, 3.8) is 0 Å². The molecule has 0 atom stereocenters. The van der Waals surface area contributed by atoms with Crippen LogP contribution >= 0.6 is 0 Å². The molecule has 0 aliphatic heterocycles. The number of aromatic nitrogens is 3. The molecule has 0 fully saturated rings. The molecule has 1 spiro atoms. The molecular weight excluding hydrogens is 717 g/mol. The second-order valence-corrected chi connectivity index (χ2v) is 15.4. The molecule has 0 saturated carbocycles. The normalized spacial score (nSPS) is 12.9. The van der Waals surface area contributed by atoms with E-state index in [4.69, 9.17) is 9.97 Å². The Morgan fingerprint density at radius 1 is 0.407 bits per heavy atom. The second kappa shape index (κ2) is 13.1. The molecule has 12 rings (SSSR count). The van der Waals surface area contributed by atoms with E-state index >= 15 is 0 Å². The standard InChI is InChI=1S/C55H36N4/c1-3-17-39(18-4-1)58(40-19-5-2-6-20-40)41-29-30-52-46(36-41)53-54(59(52)42-34-37(50-27-13-15-31-56-50)33-38(35-42)51-28-14-16-32-57-51)45-23-9-12-26-49(45)55(53)47-24-10-7-21-43(47)44-22-8-11-25-48(44)55/h1-36H. The summed E-state index contributed by atoms with van der Waals surface area (Å²) in [6, 6.07) is 74.6. The van der Waals surface area contributed by atoms with E-state index in [1.807, 2.05) is 24.5 Å². The minimum Gasteiger partial charge on any atom is -0.310 e. The van der Waals surface area contributed by atoms with Crippen LogP contribution in [0, 0.1) is 0 Å². The second-order valence-electron chi connectivity index (χ2n) is 15.4. The number of hydrogen-bond acceptors (Lipinski definition) is 3. The Hall–Kier alpha value is -7.82. The number of nitrogens with zero attached hydrogens (tertiary/aromatic N) is 4. The Labute approximate surface area is 343 Å². The summed E-state index contributed by atoms with van der Waals surface area (Å²) in [5, 5.41) is 1.21. The molecule has 0 unspecified atom stereocenters. The van der Waals surface area contributed by atoms with Gasteiger partial charge in [0.25, 0.3) is 0 Å². The van der Waals surface area contributed by atoms with Crippen molar-refractivity contribution in [3.05, 3.63) is 241 Å². The smallest absolute Gasteiger partial charge is 0.0747 e. The fourth-order valence-corrected chi connectivity index (χ4v) is 9.97. The van der Waals surface area contributed by atoms with Gasteiger partial charge in [-0.05, 0) is 113 Å². The average molecular weight is 753 g/mol. The van der Waals surface area contributed by atoms with E-state index in [0.29, 0.717) is 0 Å². The minimum absolute atomic E-state index is 0.548. The predicted molar refractivity (Wildman–Crippen MR) is 241 cm³/mol. The van der Waals surface area contributed by atoms with Crippen LogP contribution in [-0.2, 0) is 5.41 Å². The number of pyridine rings is 2. The van der Waals surface area contributed by atoms with E-state index in [0.717, 1.165) is 50.8 Å². The third-order valence-electron chi connectivity index (χ3n) is 12.2. The molecule has 4 heteroatoms. The first-order valence-corrected chi connectivity index (χ1v) is 20.2. The van der Waals surface area contributed by atoms with Crippen molar-refractivity contribution in [2.45, 2.75) is 5.41 Å². The summed E-state index contributed by atoms with van der Waals surface area (Å²) in [5.41, 5.74) is 19.1. The Morgan fingerprint density at radius 3 is 1.44 bits per heavy atom. The van der Waals surface area contributed by atoms with Crippen molar-refractivity contribution in [1.82, 2.24) is 14.5 Å². The number of fused-ring (bicyclic) bond motifs is 12. The fraction of sp³-hybridized carbons (Fsp3) is 0.0182. The molecule has 0 N–H and O–H groups in total. The zero-order chi connectivity index (χ0) is 38.9. The lowest BCUT2D eigenvalue weighted by Crippen LogP contribution is -2.25. The molecule has 0 saturated heterocycles. The largest absolute Gasteiger partial charge is 0.310 e. The van der Waals surface area contributed by atoms with Crippen molar-refractivity contribution in [2.75, 3.05) is 4.90 Å². The van der Waals surface area contributed by atoms with E-state index in [1.165, 1.54) is 50.0 Å². The van der Waals surface area contributed by atoms with Crippen molar-refractivity contribution in [3.8, 4) is 50.6 Å². The first-order valence-electron chi connectivity index (χ1n) is 20.2. The summed E-state index contributed by atoms with van der Waals surface area (Å²) in [6.45, 7) is 0. The lowest BCUT2D eigenvalue weighted by atomic mass is 9.70. The van der Waals surface area contributed by atoms with E-state index in [9.17, 15) is 0 Å². The highest BCUT2D eigenvalue weighted by molar-refractivity contribution is 6.06. The zero-order valence-electron chi connectivity index (χ0n) is 32.1. The van der Waals surface area contributed by atoms with Crippen molar-refractivity contribution in [2.24, 2.45) is 0 Å². The number of benzene rings is 7. The summed E-state index contributed by atoms with van der Waals surface area (Å²) >= 11 is 0. The first kappa shape index (κ1) is 33.3. The van der Waals surface area contributed by atoms with Gasteiger partial charge in [0, 0.05) is 62.8 Å². The van der Waals surface area contributed by atoms with Crippen LogP contribution < -0.4 is 4.90 Å². The average Bonchev–Trinajstić information content (AvgIpc) is 3.92. The summed E-state index contributed by atoms with van der Waals surface area (Å²) in [6.07, 6.45) is 3.74. The van der Waals surface area contributed by atoms with Crippen LogP contribution in [0.3, 0.4) is 0 Å². The van der Waals surface area contributed by atoms with Crippen LogP contribution in [0.25, 0.3) is 61.5 Å². The molecule has 0 radical (unpaired) electrons. The van der Waals surface area contributed by atoms with Crippen LogP contribution in [0.2, 0.25) is 0 Å². The molecule has 2 aliphatic carbocycles. The van der Waals surface area contributed by atoms with Crippen LogP contribution in [0.1, 0.15) is 22.3 Å². The fourth-order valence-electron chi connectivity index (χ4n) is 9.97. The van der Waals surface area contributed by atoms with Crippen molar-refractivity contribution >= 4 is 28.0 Å². The molecule has 59 heavy (non-hydrogen) atoms. The molecule has 3 heterocycles. The minimum atomic E-state index is -0.548. The van der Waals surface area contributed by atoms with E-state index < -0.39 is 5.41 Å². The molecule has 7 aromatic carbocycles. The summed E-state index contributed by atoms with van der Waals surface area (Å²) in [4.78, 5) is 12.0. The third kappa shape index (κ3) is 4.90. The van der Waals surface area contributed by atoms with Gasteiger partial charge in [-0.25, -0.2) is 0 Å². The molecule has 3 aromatic heterocycles. The quantitative estimate of drug-likeness (QED) is 0.170. The summed E-state index contributed by atoms with van der Waals surface area (Å²) < 4.78 is 2.51. The van der Waals surface area contributed by atoms with Gasteiger partial charge in [-0.2, -0.15) is 0 Å². The van der Waals surface area contributed by atoms with Gasteiger partial charge in [-0.3, -0.25) is 9.97 Å². The highest BCUT2D eigenvalue weighted by Crippen LogP contribution is 2.65. The Kier molecular flexibility index (Phi) is 7.41. The molecule has 4 nitrogen and oxygen atoms in total. The number of rotatable bonds is 6. The lowest BCUT2D eigenvalue weighted by Gasteiger charge is -2.30. The zero-order valence-corrected chi connectivity index (χ0v) is 32.1. The molecule has 10 aromatic rings. The molecular formula is C55H36N4. The lowest BCUT2D eigenvalue weighted by molar-refractivity contribution is 0.801. The van der Waals surface area contributed by atoms with Crippen LogP contribution in [0.5, 0.6) is 0 Å². The maximum Gasteiger partial charge on any atom is 0.0747 e. The van der Waals surface area contributed by atoms with Crippen molar-refractivity contribution in [1.29, 1.82) is 0 Å². The first-order chi connectivity index (χ1) is 29.3. The van der Waals surface area contributed by atoms with Crippen LogP contribution in [0.4, 0.5) is 17.1 Å². The van der Waals surface area contributed by atoms with Crippen molar-refractivity contribution < 1.29 is 0 Å². The van der Waals surface area contributed by atoms with E-state index in [-0.39, 0.29) is 0 Å². The van der Waals surface area contributed by atoms with Crippen LogP contribution in [0.15, 0.2) is 219 Å². The maximum atomic E-state index is 4.84. The van der Waals surface area contributed by atoms with E-state index in [1.54, 1.807) is 0 Å². The SMILES string of the molecule is c1ccc(N(c2ccccc2)c2ccc3c(c2)c2c(n3-c3cc(-c4ccccn4)cc(-c4ccccn4)c3)-c3ccccc3C23c2ccccc2-c2ccccc23)cc1. The molecule has 0 bridgehead atoms. The van der Waals surface area contributed by atoms with Gasteiger partial charge in [0.05, 0.1) is 28.0 Å². The summed E-state index contributed by atoms with van der Waals surface area (Å²) in [5.74, 6) is 0. The molecule has 0 amide bonds. The van der Waals surface area contributed by atoms with Gasteiger partial charge in [0.15, 0.2) is 0 Å². The molecule has 276 valence electrons. The maximum absolute atomic E-state index is 4.84. The highest BCUT2D eigenvalue weighted by Gasteiger charge is 2.54. The van der Waals surface area contributed by atoms with Gasteiger partial charge in [0.1, 0.15) is 0 Å². The van der Waals surface area contributed by atoms with Gasteiger partial charge < -0.3 is 9.47 Å². The Balaban J connectivity index is 1.24. The van der Waals surface area contributed by atoms with Gasteiger partial charge >= 0.3 is 0 Å². The number of hydrogen-bond donors (Lipinski definition) is 0.